The monoisotopic (exact) mass is 1790 g/mol. The maximum absolute atomic E-state index is 10.4. The van der Waals surface area contributed by atoms with Gasteiger partial charge in [-0.3, -0.25) is 15.0 Å². The zero-order chi connectivity index (χ0) is 93.0. The second-order valence-electron chi connectivity index (χ2n) is 36.9. The third-order valence-corrected chi connectivity index (χ3v) is 29.0. The number of nitrogens with zero attached hydrogens (tertiary/aromatic N) is 10. The van der Waals surface area contributed by atoms with Crippen molar-refractivity contribution in [2.75, 3.05) is 0 Å². The van der Waals surface area contributed by atoms with Crippen LogP contribution in [0, 0.1) is 18.3 Å². The van der Waals surface area contributed by atoms with Crippen LogP contribution in [0.3, 0.4) is 0 Å². The summed E-state index contributed by atoms with van der Waals surface area (Å²) >= 11 is 0. The van der Waals surface area contributed by atoms with E-state index in [1.54, 1.807) is 6.20 Å². The molecule has 0 N–H and O–H groups in total. The summed E-state index contributed by atoms with van der Waals surface area (Å²) in [6.07, 6.45) is 7.72. The van der Waals surface area contributed by atoms with Crippen molar-refractivity contribution in [2.45, 2.75) is 6.92 Å². The SMILES string of the molecule is Cc1cnc2c(c1)c(-c1ccc3c4ccccc4n(-c4ccccc4)c3c1)cc1cc3c4ccccc4n(-c4ccccc4)c3cc12.N#Cc1ccnc2c1c(-c1ccc3c(c1)c1ccccc1n3-c1ccccc1)cc1cc3c4ccccc4n(-c4ccccc4)c3cc12.c1ccc(-n2c3ccccc3c3cc4cc(-c5cccc6c5c5ccccc5n6-c5ccccc5)c5cnccc5c4cc32)cc1. The fraction of sp³-hybridized carbons (Fsp3) is 0.00763. The summed E-state index contributed by atoms with van der Waals surface area (Å²) in [5.74, 6) is 0. The summed E-state index contributed by atoms with van der Waals surface area (Å²) in [5, 5.41) is 36.5. The van der Waals surface area contributed by atoms with E-state index < -0.39 is 0 Å². The standard InChI is InChI=1S/C44H26N4.C44H29N3.C43H27N3/c45-27-29-21-22-46-44-36-26-42-38(34-16-8-10-18-40(34)48(42)32-13-5-2-6-14-32)25-30(36)24-35(43(29)44)28-19-20-41-37(23-28)33-15-7-9-17-39(33)47(41)31-11-3-1-4-12-31;1-28-22-39-36(29-20-21-35-33-16-8-10-18-40(33)46(42(35)25-29)31-12-4-2-5-13-31)23-30-24-38-34-17-9-11-19-41(34)47(32-14-6-3-7-15-32)43(38)26-37(30)44(39)45-27-28;1-3-12-29(13-4-1)45-40-20-10-8-17-34(40)43-33(18-11-21-41(43)45)36-24-28-25-37-32-16-7-9-19-39(32)46(30-14-5-2-6-15-30)42(37)26-35(28)31-22-23-44-27-38(31)36/h1-26H;2-27H,1H3;1-27H. The number of pyridine rings is 3. The van der Waals surface area contributed by atoms with Crippen LogP contribution >= 0.6 is 0 Å². The topological polar surface area (TPSA) is 92.0 Å². The number of hydrogen-bond acceptors (Lipinski definition) is 4. The molecule has 0 saturated heterocycles. The summed E-state index contributed by atoms with van der Waals surface area (Å²) in [6, 6.07) is 166. The molecule has 9 aromatic heterocycles. The van der Waals surface area contributed by atoms with Crippen LogP contribution < -0.4 is 0 Å². The lowest BCUT2D eigenvalue weighted by molar-refractivity contribution is 1.18. The predicted molar refractivity (Wildman–Crippen MR) is 590 cm³/mol. The average molecular weight is 1800 g/mol. The number of para-hydroxylation sites is 12. The second kappa shape index (κ2) is 32.3. The van der Waals surface area contributed by atoms with Gasteiger partial charge in [-0.05, 0) is 279 Å². The van der Waals surface area contributed by atoms with Crippen molar-refractivity contribution in [2.24, 2.45) is 0 Å². The van der Waals surface area contributed by atoms with E-state index in [0.717, 1.165) is 111 Å². The first-order valence-electron chi connectivity index (χ1n) is 48.0. The number of fused-ring (bicyclic) bond motifs is 27. The summed E-state index contributed by atoms with van der Waals surface area (Å²) in [4.78, 5) is 14.7. The third kappa shape index (κ3) is 12.7. The van der Waals surface area contributed by atoms with Crippen molar-refractivity contribution in [3.8, 4) is 73.6 Å². The van der Waals surface area contributed by atoms with E-state index in [1.165, 1.54) is 158 Å². The molecule has 0 amide bonds. The minimum atomic E-state index is 0.618. The fourth-order valence-electron chi connectivity index (χ4n) is 23.0. The van der Waals surface area contributed by atoms with E-state index in [9.17, 15) is 5.26 Å². The molecule has 0 aliphatic carbocycles. The van der Waals surface area contributed by atoms with Gasteiger partial charge in [-0.2, -0.15) is 5.26 Å². The zero-order valence-electron chi connectivity index (χ0n) is 76.6. The molecule has 0 aliphatic heterocycles. The van der Waals surface area contributed by atoms with Crippen LogP contribution in [-0.4, -0.2) is 42.4 Å². The normalized spacial score (nSPS) is 11.9. The third-order valence-electron chi connectivity index (χ3n) is 29.0. The zero-order valence-corrected chi connectivity index (χ0v) is 76.6. The van der Waals surface area contributed by atoms with E-state index >= 15 is 0 Å². The van der Waals surface area contributed by atoms with Crippen molar-refractivity contribution in [1.29, 1.82) is 5.26 Å². The molecular formula is C131H82N10. The minimum absolute atomic E-state index is 0.618. The molecule has 0 aliphatic rings. The van der Waals surface area contributed by atoms with Gasteiger partial charge in [0.1, 0.15) is 0 Å². The lowest BCUT2D eigenvalue weighted by Gasteiger charge is -2.14. The first-order chi connectivity index (χ1) is 69.9. The predicted octanol–water partition coefficient (Wildman–Crippen LogP) is 33.9. The van der Waals surface area contributed by atoms with Crippen LogP contribution in [0.4, 0.5) is 0 Å². The van der Waals surface area contributed by atoms with Gasteiger partial charge in [-0.15, -0.1) is 0 Å². The maximum Gasteiger partial charge on any atom is 0.0999 e. The molecule has 0 bridgehead atoms. The number of rotatable bonds is 9. The highest BCUT2D eigenvalue weighted by molar-refractivity contribution is 6.27. The summed E-state index contributed by atoms with van der Waals surface area (Å²) in [5.41, 5.74) is 31.6. The smallest absolute Gasteiger partial charge is 0.0999 e. The molecule has 10 heteroatoms. The van der Waals surface area contributed by atoms with Gasteiger partial charge in [0.25, 0.3) is 0 Å². The Morgan fingerprint density at radius 3 is 1.05 bits per heavy atom. The summed E-state index contributed by atoms with van der Waals surface area (Å²) in [7, 11) is 0. The Morgan fingerprint density at radius 1 is 0.199 bits per heavy atom. The van der Waals surface area contributed by atoms with E-state index in [-0.39, 0.29) is 0 Å². The molecule has 141 heavy (non-hydrogen) atoms. The molecule has 9 heterocycles. The minimum Gasteiger partial charge on any atom is -0.309 e. The van der Waals surface area contributed by atoms with Crippen molar-refractivity contribution >= 4 is 196 Å². The molecule has 0 unspecified atom stereocenters. The second-order valence-corrected chi connectivity index (χ2v) is 36.9. The molecule has 21 aromatic carbocycles. The van der Waals surface area contributed by atoms with Gasteiger partial charge in [0.2, 0.25) is 0 Å². The molecule has 30 aromatic rings. The van der Waals surface area contributed by atoms with Crippen molar-refractivity contribution in [3.63, 3.8) is 0 Å². The number of benzene rings is 21. The van der Waals surface area contributed by atoms with Crippen LogP contribution in [0.25, 0.3) is 263 Å². The van der Waals surface area contributed by atoms with Crippen LogP contribution in [0.5, 0.6) is 0 Å². The van der Waals surface area contributed by atoms with E-state index in [4.69, 9.17) is 9.97 Å². The molecular weight excluding hydrogens is 1710 g/mol. The van der Waals surface area contributed by atoms with Crippen LogP contribution in [-0.2, 0) is 0 Å². The average Bonchev–Trinajstić information content (AvgIpc) is 1.58. The highest BCUT2D eigenvalue weighted by atomic mass is 15.0. The van der Waals surface area contributed by atoms with E-state index in [1.807, 2.05) is 36.8 Å². The molecule has 0 atom stereocenters. The molecule has 0 fully saturated rings. The Balaban J connectivity index is 0.000000104. The Bertz CT molecular complexity index is 10500. The number of nitriles is 1. The van der Waals surface area contributed by atoms with Crippen LogP contribution in [0.1, 0.15) is 11.1 Å². The van der Waals surface area contributed by atoms with E-state index in [0.29, 0.717) is 5.56 Å². The van der Waals surface area contributed by atoms with Gasteiger partial charge >= 0.3 is 0 Å². The molecule has 10 nitrogen and oxygen atoms in total. The highest BCUT2D eigenvalue weighted by Gasteiger charge is 2.26. The van der Waals surface area contributed by atoms with Gasteiger partial charge < -0.3 is 27.4 Å². The van der Waals surface area contributed by atoms with Crippen LogP contribution in [0.2, 0.25) is 0 Å². The van der Waals surface area contributed by atoms with E-state index in [2.05, 4.69) is 482 Å². The lowest BCUT2D eigenvalue weighted by atomic mass is 9.91. The quantitative estimate of drug-likeness (QED) is 0.135. The Hall–Kier alpha value is -19.1. The molecule has 0 radical (unpaired) electrons. The Morgan fingerprint density at radius 2 is 0.560 bits per heavy atom. The summed E-state index contributed by atoms with van der Waals surface area (Å²) in [6.45, 7) is 2.13. The van der Waals surface area contributed by atoms with Gasteiger partial charge in [-0.1, -0.05) is 249 Å². The van der Waals surface area contributed by atoms with Crippen molar-refractivity contribution in [1.82, 2.24) is 42.4 Å². The number of hydrogen-bond donors (Lipinski definition) is 0. The largest absolute Gasteiger partial charge is 0.309 e. The van der Waals surface area contributed by atoms with Gasteiger partial charge in [0.05, 0.1) is 88.9 Å². The highest BCUT2D eigenvalue weighted by Crippen LogP contribution is 2.49. The molecule has 656 valence electrons. The summed E-state index contributed by atoms with van der Waals surface area (Å²) < 4.78 is 14.2. The molecule has 0 saturated carbocycles. The molecule has 30 rings (SSSR count). The number of aromatic nitrogens is 9. The number of aryl methyl sites for hydroxylation is 1. The van der Waals surface area contributed by atoms with Crippen molar-refractivity contribution < 1.29 is 0 Å². The first-order valence-corrected chi connectivity index (χ1v) is 48.0. The van der Waals surface area contributed by atoms with Gasteiger partial charge in [-0.25, -0.2) is 0 Å². The van der Waals surface area contributed by atoms with Gasteiger partial charge in [0.15, 0.2) is 0 Å². The fourth-order valence-corrected chi connectivity index (χ4v) is 23.0. The Kier molecular flexibility index (Phi) is 18.4. The molecule has 0 spiro atoms. The van der Waals surface area contributed by atoms with Gasteiger partial charge in [0, 0.05) is 150 Å². The lowest BCUT2D eigenvalue weighted by Crippen LogP contribution is -1.94. The van der Waals surface area contributed by atoms with Crippen molar-refractivity contribution in [3.05, 3.63) is 491 Å². The Labute approximate surface area is 809 Å². The maximum atomic E-state index is 10.4. The van der Waals surface area contributed by atoms with Crippen LogP contribution in [0.15, 0.2) is 480 Å². The first kappa shape index (κ1) is 80.4.